The first-order chi connectivity index (χ1) is 10.1. The molecule has 2 aromatic rings. The Hall–Kier alpha value is -2.21. The van der Waals surface area contributed by atoms with Gasteiger partial charge in [-0.2, -0.15) is 0 Å². The van der Waals surface area contributed by atoms with Crippen LogP contribution >= 0.6 is 11.3 Å². The van der Waals surface area contributed by atoms with Crippen molar-refractivity contribution in [3.05, 3.63) is 46.5 Å². The summed E-state index contributed by atoms with van der Waals surface area (Å²) in [5, 5.41) is 3.65. The highest BCUT2D eigenvalue weighted by Gasteiger charge is 2.12. The minimum absolute atomic E-state index is 0.0412. The lowest BCUT2D eigenvalue weighted by atomic mass is 10.1. The van der Waals surface area contributed by atoms with Crippen LogP contribution < -0.4 is 5.32 Å². The molecule has 6 heteroatoms. The molecule has 2 rings (SSSR count). The first-order valence-electron chi connectivity index (χ1n) is 6.50. The Morgan fingerprint density at radius 3 is 2.67 bits per heavy atom. The average Bonchev–Trinajstić information content (AvgIpc) is 2.92. The molecule has 0 saturated carbocycles. The van der Waals surface area contributed by atoms with Gasteiger partial charge in [-0.1, -0.05) is 41.2 Å². The lowest BCUT2D eigenvalue weighted by Gasteiger charge is -2.02. The topological polar surface area (TPSA) is 68.3 Å². The molecule has 0 amide bonds. The molecule has 1 aromatic heterocycles. The normalized spacial score (nSPS) is 10.2. The van der Waals surface area contributed by atoms with E-state index in [2.05, 4.69) is 10.3 Å². The molecule has 0 aliphatic rings. The number of carbonyl (C=O) groups is 2. The van der Waals surface area contributed by atoms with Gasteiger partial charge >= 0.3 is 5.97 Å². The highest BCUT2D eigenvalue weighted by atomic mass is 32.1. The van der Waals surface area contributed by atoms with E-state index >= 15 is 0 Å². The van der Waals surface area contributed by atoms with Crippen LogP contribution in [0.2, 0.25) is 0 Å². The largest absolute Gasteiger partial charge is 0.464 e. The van der Waals surface area contributed by atoms with Crippen LogP contribution in [0.5, 0.6) is 0 Å². The quantitative estimate of drug-likeness (QED) is 0.505. The molecule has 21 heavy (non-hydrogen) atoms. The summed E-state index contributed by atoms with van der Waals surface area (Å²) in [7, 11) is 0. The van der Waals surface area contributed by atoms with Crippen molar-refractivity contribution in [1.82, 2.24) is 4.98 Å². The molecule has 0 saturated heterocycles. The van der Waals surface area contributed by atoms with E-state index in [1.807, 2.05) is 31.2 Å². The molecule has 0 radical (unpaired) electrons. The zero-order valence-electron chi connectivity index (χ0n) is 11.9. The fraction of sp³-hybridized carbons (Fsp3) is 0.267. The van der Waals surface area contributed by atoms with E-state index in [1.165, 1.54) is 18.3 Å². The van der Waals surface area contributed by atoms with Crippen LogP contribution in [0, 0.1) is 6.92 Å². The Morgan fingerprint density at radius 2 is 2.00 bits per heavy atom. The van der Waals surface area contributed by atoms with Crippen molar-refractivity contribution in [3.8, 4) is 0 Å². The van der Waals surface area contributed by atoms with Crippen LogP contribution in [0.1, 0.15) is 27.7 Å². The number of aromatic nitrogens is 1. The number of nitrogens with zero attached hydrogens (tertiary/aromatic N) is 1. The van der Waals surface area contributed by atoms with Crippen LogP contribution in [0.15, 0.2) is 30.5 Å². The fourth-order valence-corrected chi connectivity index (χ4v) is 2.46. The van der Waals surface area contributed by atoms with Crippen LogP contribution in [-0.4, -0.2) is 29.9 Å². The molecular weight excluding hydrogens is 288 g/mol. The summed E-state index contributed by atoms with van der Waals surface area (Å²) in [6.07, 6.45) is 1.56. The minimum Gasteiger partial charge on any atom is -0.464 e. The molecule has 0 aliphatic heterocycles. The summed E-state index contributed by atoms with van der Waals surface area (Å²) in [6.45, 7) is 4.08. The van der Waals surface area contributed by atoms with E-state index < -0.39 is 0 Å². The van der Waals surface area contributed by atoms with E-state index in [0.29, 0.717) is 22.1 Å². The Balaban J connectivity index is 1.94. The van der Waals surface area contributed by atoms with Crippen molar-refractivity contribution < 1.29 is 14.3 Å². The number of benzene rings is 1. The molecule has 0 atom stereocenters. The number of hydrogen-bond donors (Lipinski definition) is 1. The van der Waals surface area contributed by atoms with Gasteiger partial charge in [0.1, 0.15) is 6.61 Å². The van der Waals surface area contributed by atoms with Gasteiger partial charge in [-0.05, 0) is 6.92 Å². The standard InChI is InChI=1S/C15H16N2O3S/c1-10-3-5-12(6-4-10)14(19)13-9-17-15(21-13)16-7-8-20-11(2)18/h3-6,9H,7-8H2,1-2H3,(H,16,17). The van der Waals surface area contributed by atoms with Gasteiger partial charge in [-0.25, -0.2) is 4.98 Å². The molecule has 0 bridgehead atoms. The lowest BCUT2D eigenvalue weighted by molar-refractivity contribution is -0.140. The SMILES string of the molecule is CC(=O)OCCNc1ncc(C(=O)c2ccc(C)cc2)s1. The van der Waals surface area contributed by atoms with Crippen molar-refractivity contribution in [2.24, 2.45) is 0 Å². The molecule has 1 N–H and O–H groups in total. The van der Waals surface area contributed by atoms with E-state index in [9.17, 15) is 9.59 Å². The van der Waals surface area contributed by atoms with E-state index in [4.69, 9.17) is 4.74 Å². The zero-order valence-corrected chi connectivity index (χ0v) is 12.7. The molecule has 5 nitrogen and oxygen atoms in total. The maximum atomic E-state index is 12.3. The van der Waals surface area contributed by atoms with Crippen LogP contribution in [0.4, 0.5) is 5.13 Å². The summed E-state index contributed by atoms with van der Waals surface area (Å²) in [4.78, 5) is 27.6. The first kappa shape index (κ1) is 15.2. The van der Waals surface area contributed by atoms with Crippen molar-refractivity contribution in [2.45, 2.75) is 13.8 Å². The Morgan fingerprint density at radius 1 is 1.29 bits per heavy atom. The first-order valence-corrected chi connectivity index (χ1v) is 7.32. The van der Waals surface area contributed by atoms with Gasteiger partial charge in [0, 0.05) is 12.5 Å². The number of esters is 1. The number of ketones is 1. The van der Waals surface area contributed by atoms with Crippen LogP contribution in [0.3, 0.4) is 0 Å². The Bertz CT molecular complexity index is 635. The van der Waals surface area contributed by atoms with E-state index in [-0.39, 0.29) is 18.4 Å². The third-order valence-corrected chi connectivity index (χ3v) is 3.68. The van der Waals surface area contributed by atoms with E-state index in [0.717, 1.165) is 5.56 Å². The van der Waals surface area contributed by atoms with Crippen LogP contribution in [-0.2, 0) is 9.53 Å². The third kappa shape index (κ3) is 4.39. The molecule has 0 spiro atoms. The number of thiazole rings is 1. The second-order valence-corrected chi connectivity index (χ2v) is 5.52. The molecule has 1 aromatic carbocycles. The number of rotatable bonds is 6. The highest BCUT2D eigenvalue weighted by Crippen LogP contribution is 2.21. The number of hydrogen-bond acceptors (Lipinski definition) is 6. The summed E-state index contributed by atoms with van der Waals surface area (Å²) < 4.78 is 4.81. The average molecular weight is 304 g/mol. The Kier molecular flexibility index (Phi) is 5.05. The lowest BCUT2D eigenvalue weighted by Crippen LogP contribution is -2.11. The zero-order chi connectivity index (χ0) is 15.2. The molecule has 0 fully saturated rings. The van der Waals surface area contributed by atoms with Gasteiger partial charge in [0.05, 0.1) is 17.6 Å². The highest BCUT2D eigenvalue weighted by molar-refractivity contribution is 7.17. The van der Waals surface area contributed by atoms with Crippen LogP contribution in [0.25, 0.3) is 0 Å². The maximum Gasteiger partial charge on any atom is 0.302 e. The number of aryl methyl sites for hydroxylation is 1. The van der Waals surface area contributed by atoms with Crippen molar-refractivity contribution in [3.63, 3.8) is 0 Å². The molecule has 0 unspecified atom stereocenters. The fourth-order valence-electron chi connectivity index (χ4n) is 1.66. The van der Waals surface area contributed by atoms with Gasteiger partial charge in [0.25, 0.3) is 0 Å². The number of ether oxygens (including phenoxy) is 1. The summed E-state index contributed by atoms with van der Waals surface area (Å²) in [5.74, 6) is -0.355. The second kappa shape index (κ2) is 6.99. The maximum absolute atomic E-state index is 12.3. The predicted molar refractivity (Wildman–Crippen MR) is 81.8 cm³/mol. The number of carbonyl (C=O) groups excluding carboxylic acids is 2. The summed E-state index contributed by atoms with van der Waals surface area (Å²) in [6, 6.07) is 7.44. The monoisotopic (exact) mass is 304 g/mol. The van der Waals surface area contributed by atoms with Crippen molar-refractivity contribution in [2.75, 3.05) is 18.5 Å². The van der Waals surface area contributed by atoms with Gasteiger partial charge in [0.15, 0.2) is 5.13 Å². The summed E-state index contributed by atoms with van der Waals surface area (Å²) in [5.41, 5.74) is 1.76. The van der Waals surface area contributed by atoms with E-state index in [1.54, 1.807) is 6.20 Å². The molecule has 1 heterocycles. The molecular formula is C15H16N2O3S. The van der Waals surface area contributed by atoms with Crippen molar-refractivity contribution >= 4 is 28.2 Å². The van der Waals surface area contributed by atoms with Gasteiger partial charge < -0.3 is 10.1 Å². The molecule has 110 valence electrons. The third-order valence-electron chi connectivity index (χ3n) is 2.73. The minimum atomic E-state index is -0.314. The van der Waals surface area contributed by atoms with Gasteiger partial charge in [-0.3, -0.25) is 9.59 Å². The Labute approximate surface area is 127 Å². The van der Waals surface area contributed by atoms with Gasteiger partial charge in [-0.15, -0.1) is 0 Å². The second-order valence-electron chi connectivity index (χ2n) is 4.49. The molecule has 0 aliphatic carbocycles. The smallest absolute Gasteiger partial charge is 0.302 e. The van der Waals surface area contributed by atoms with Crippen molar-refractivity contribution in [1.29, 1.82) is 0 Å². The number of nitrogens with one attached hydrogen (secondary N) is 1. The number of anilines is 1. The summed E-state index contributed by atoms with van der Waals surface area (Å²) >= 11 is 1.29. The van der Waals surface area contributed by atoms with Gasteiger partial charge in [0.2, 0.25) is 5.78 Å². The predicted octanol–water partition coefficient (Wildman–Crippen LogP) is 2.66.